The van der Waals surface area contributed by atoms with Gasteiger partial charge in [-0.1, -0.05) is 12.1 Å². The van der Waals surface area contributed by atoms with Crippen LogP contribution in [-0.2, 0) is 14.4 Å². The zero-order chi connectivity index (χ0) is 20.0. The Balaban J connectivity index is 1.99. The standard InChI is InChI=1S/C21H25N3O3/c1-14-6-5-7-20(15(14)2)24(17(4)26)13-12-21(27)23-19-10-8-18(9-11-19)22-16(3)25/h5-11H,12-13H2,1-4H3,(H,22,25)(H,23,27). The number of carbonyl (C=O) groups excluding carboxylic acids is 3. The lowest BCUT2D eigenvalue weighted by molar-refractivity contribution is -0.117. The van der Waals surface area contributed by atoms with E-state index in [1.165, 1.54) is 13.8 Å². The fourth-order valence-corrected chi connectivity index (χ4v) is 2.75. The van der Waals surface area contributed by atoms with Gasteiger partial charge in [0, 0.05) is 43.9 Å². The van der Waals surface area contributed by atoms with E-state index < -0.39 is 0 Å². The largest absolute Gasteiger partial charge is 0.326 e. The van der Waals surface area contributed by atoms with Gasteiger partial charge in [0.25, 0.3) is 0 Å². The third-order valence-corrected chi connectivity index (χ3v) is 4.30. The number of carbonyl (C=O) groups is 3. The van der Waals surface area contributed by atoms with Crippen LogP contribution in [0, 0.1) is 13.8 Å². The van der Waals surface area contributed by atoms with E-state index in [9.17, 15) is 14.4 Å². The van der Waals surface area contributed by atoms with Crippen LogP contribution >= 0.6 is 0 Å². The number of nitrogens with one attached hydrogen (secondary N) is 2. The van der Waals surface area contributed by atoms with Gasteiger partial charge in [0.05, 0.1) is 0 Å². The summed E-state index contributed by atoms with van der Waals surface area (Å²) < 4.78 is 0. The van der Waals surface area contributed by atoms with Crippen molar-refractivity contribution in [1.29, 1.82) is 0 Å². The molecule has 2 aromatic carbocycles. The van der Waals surface area contributed by atoms with Gasteiger partial charge in [0.1, 0.15) is 0 Å². The molecule has 0 aliphatic heterocycles. The number of benzene rings is 2. The lowest BCUT2D eigenvalue weighted by atomic mass is 10.1. The van der Waals surface area contributed by atoms with Crippen LogP contribution in [0.25, 0.3) is 0 Å². The van der Waals surface area contributed by atoms with Crippen molar-refractivity contribution in [3.63, 3.8) is 0 Å². The van der Waals surface area contributed by atoms with Crippen LogP contribution in [-0.4, -0.2) is 24.3 Å². The highest BCUT2D eigenvalue weighted by Gasteiger charge is 2.16. The molecule has 27 heavy (non-hydrogen) atoms. The normalized spacial score (nSPS) is 10.2. The van der Waals surface area contributed by atoms with Gasteiger partial charge in [-0.25, -0.2) is 0 Å². The maximum Gasteiger partial charge on any atom is 0.226 e. The highest BCUT2D eigenvalue weighted by Crippen LogP contribution is 2.23. The minimum absolute atomic E-state index is 0.101. The Hall–Kier alpha value is -3.15. The van der Waals surface area contributed by atoms with Crippen LogP contribution in [0.3, 0.4) is 0 Å². The van der Waals surface area contributed by atoms with E-state index in [2.05, 4.69) is 10.6 Å². The van der Waals surface area contributed by atoms with Gasteiger partial charge in [-0.05, 0) is 55.3 Å². The van der Waals surface area contributed by atoms with Gasteiger partial charge in [-0.15, -0.1) is 0 Å². The van der Waals surface area contributed by atoms with E-state index in [1.54, 1.807) is 29.2 Å². The summed E-state index contributed by atoms with van der Waals surface area (Å²) in [6.07, 6.45) is 0.181. The van der Waals surface area contributed by atoms with Crippen molar-refractivity contribution >= 4 is 34.8 Å². The Labute approximate surface area is 159 Å². The first-order chi connectivity index (χ1) is 12.8. The molecular formula is C21H25N3O3. The van der Waals surface area contributed by atoms with Crippen LogP contribution in [0.5, 0.6) is 0 Å². The molecule has 0 aromatic heterocycles. The van der Waals surface area contributed by atoms with Crippen LogP contribution in [0.4, 0.5) is 17.1 Å². The molecule has 0 saturated carbocycles. The monoisotopic (exact) mass is 367 g/mol. The van der Waals surface area contributed by atoms with Gasteiger partial charge in [0.15, 0.2) is 0 Å². The minimum Gasteiger partial charge on any atom is -0.326 e. The molecule has 0 saturated heterocycles. The van der Waals surface area contributed by atoms with Crippen LogP contribution in [0.15, 0.2) is 42.5 Å². The molecule has 0 aliphatic rings. The van der Waals surface area contributed by atoms with Gasteiger partial charge < -0.3 is 15.5 Å². The summed E-state index contributed by atoms with van der Waals surface area (Å²) in [7, 11) is 0. The maximum absolute atomic E-state index is 12.3. The number of anilines is 3. The first-order valence-corrected chi connectivity index (χ1v) is 8.79. The van der Waals surface area contributed by atoms with Crippen molar-refractivity contribution in [2.75, 3.05) is 22.1 Å². The van der Waals surface area contributed by atoms with E-state index >= 15 is 0 Å². The fraction of sp³-hybridized carbons (Fsp3) is 0.286. The second-order valence-electron chi connectivity index (χ2n) is 6.45. The molecular weight excluding hydrogens is 342 g/mol. The molecule has 2 aromatic rings. The molecule has 0 heterocycles. The van der Waals surface area contributed by atoms with Crippen LogP contribution < -0.4 is 15.5 Å². The van der Waals surface area contributed by atoms with Gasteiger partial charge >= 0.3 is 0 Å². The van der Waals surface area contributed by atoms with Gasteiger partial charge in [-0.3, -0.25) is 14.4 Å². The summed E-state index contributed by atoms with van der Waals surface area (Å²) in [5, 5.41) is 5.47. The Kier molecular flexibility index (Phi) is 6.71. The number of hydrogen-bond donors (Lipinski definition) is 2. The smallest absolute Gasteiger partial charge is 0.226 e. The van der Waals surface area contributed by atoms with E-state index in [-0.39, 0.29) is 24.1 Å². The lowest BCUT2D eigenvalue weighted by Gasteiger charge is -2.23. The molecule has 3 amide bonds. The Morgan fingerprint density at radius 1 is 0.889 bits per heavy atom. The zero-order valence-corrected chi connectivity index (χ0v) is 16.1. The zero-order valence-electron chi connectivity index (χ0n) is 16.1. The third-order valence-electron chi connectivity index (χ3n) is 4.30. The molecule has 0 aliphatic carbocycles. The van der Waals surface area contributed by atoms with Gasteiger partial charge in [-0.2, -0.15) is 0 Å². The number of aryl methyl sites for hydroxylation is 1. The molecule has 6 heteroatoms. The number of hydrogen-bond acceptors (Lipinski definition) is 3. The Bertz CT molecular complexity index is 844. The summed E-state index contributed by atoms with van der Waals surface area (Å²) in [6.45, 7) is 7.20. The molecule has 6 nitrogen and oxygen atoms in total. The van der Waals surface area contributed by atoms with Crippen molar-refractivity contribution in [3.8, 4) is 0 Å². The number of amides is 3. The number of nitrogens with zero attached hydrogens (tertiary/aromatic N) is 1. The van der Waals surface area contributed by atoms with Crippen LogP contribution in [0.2, 0.25) is 0 Å². The molecule has 142 valence electrons. The predicted molar refractivity (Wildman–Crippen MR) is 108 cm³/mol. The van der Waals surface area contributed by atoms with E-state index in [0.717, 1.165) is 16.8 Å². The SMILES string of the molecule is CC(=O)Nc1ccc(NC(=O)CCN(C(C)=O)c2cccc(C)c2C)cc1. The predicted octanol–water partition coefficient (Wildman–Crippen LogP) is 3.64. The molecule has 0 radical (unpaired) electrons. The highest BCUT2D eigenvalue weighted by molar-refractivity contribution is 5.95. The lowest BCUT2D eigenvalue weighted by Crippen LogP contribution is -2.32. The van der Waals surface area contributed by atoms with Gasteiger partial charge in [0.2, 0.25) is 17.7 Å². The molecule has 0 unspecified atom stereocenters. The highest BCUT2D eigenvalue weighted by atomic mass is 16.2. The molecule has 2 rings (SSSR count). The van der Waals surface area contributed by atoms with Crippen LogP contribution in [0.1, 0.15) is 31.4 Å². The second-order valence-corrected chi connectivity index (χ2v) is 6.45. The van der Waals surface area contributed by atoms with Crippen molar-refractivity contribution in [2.45, 2.75) is 34.1 Å². The first kappa shape index (κ1) is 20.2. The quantitative estimate of drug-likeness (QED) is 0.818. The van der Waals surface area contributed by atoms with Crippen molar-refractivity contribution < 1.29 is 14.4 Å². The third kappa shape index (κ3) is 5.67. The van der Waals surface area contributed by atoms with Crippen molar-refractivity contribution in [2.24, 2.45) is 0 Å². The van der Waals surface area contributed by atoms with E-state index in [1.807, 2.05) is 32.0 Å². The topological polar surface area (TPSA) is 78.5 Å². The fourth-order valence-electron chi connectivity index (χ4n) is 2.75. The molecule has 0 fully saturated rings. The van der Waals surface area contributed by atoms with E-state index in [0.29, 0.717) is 17.9 Å². The summed E-state index contributed by atoms with van der Waals surface area (Å²) >= 11 is 0. The summed E-state index contributed by atoms with van der Waals surface area (Å²) in [6, 6.07) is 12.7. The summed E-state index contributed by atoms with van der Waals surface area (Å²) in [5.41, 5.74) is 4.26. The average Bonchev–Trinajstić information content (AvgIpc) is 2.59. The van der Waals surface area contributed by atoms with Crippen molar-refractivity contribution in [1.82, 2.24) is 0 Å². The minimum atomic E-state index is -0.182. The average molecular weight is 367 g/mol. The summed E-state index contributed by atoms with van der Waals surface area (Å²) in [4.78, 5) is 37.0. The second kappa shape index (κ2) is 8.98. The molecule has 0 atom stereocenters. The molecule has 0 spiro atoms. The summed E-state index contributed by atoms with van der Waals surface area (Å²) in [5.74, 6) is -0.433. The van der Waals surface area contributed by atoms with Crippen molar-refractivity contribution in [3.05, 3.63) is 53.6 Å². The first-order valence-electron chi connectivity index (χ1n) is 8.79. The Morgan fingerprint density at radius 2 is 1.48 bits per heavy atom. The molecule has 0 bridgehead atoms. The number of rotatable bonds is 6. The molecule has 2 N–H and O–H groups in total. The maximum atomic E-state index is 12.3. The van der Waals surface area contributed by atoms with E-state index in [4.69, 9.17) is 0 Å². The Morgan fingerprint density at radius 3 is 2.04 bits per heavy atom.